The summed E-state index contributed by atoms with van der Waals surface area (Å²) in [6.07, 6.45) is 3.05. The van der Waals surface area contributed by atoms with Crippen molar-refractivity contribution in [3.8, 4) is 0 Å². The van der Waals surface area contributed by atoms with Crippen molar-refractivity contribution < 1.29 is 14.7 Å². The number of hydrogen-bond donors (Lipinski definition) is 3. The molecule has 6 heteroatoms. The van der Waals surface area contributed by atoms with E-state index in [2.05, 4.69) is 15.6 Å². The minimum atomic E-state index is -1.13. The fraction of sp³-hybridized carbons (Fsp3) is 0.0714. The van der Waals surface area contributed by atoms with E-state index in [9.17, 15) is 14.7 Å². The fourth-order valence-corrected chi connectivity index (χ4v) is 1.67. The zero-order chi connectivity index (χ0) is 14.4. The first-order valence-electron chi connectivity index (χ1n) is 5.92. The van der Waals surface area contributed by atoms with Gasteiger partial charge in [0.25, 0.3) is 0 Å². The second-order valence-electron chi connectivity index (χ2n) is 4.02. The van der Waals surface area contributed by atoms with Gasteiger partial charge < -0.3 is 15.7 Å². The summed E-state index contributed by atoms with van der Waals surface area (Å²) in [5.41, 5.74) is 0.989. The highest BCUT2D eigenvalue weighted by Gasteiger charge is 2.21. The van der Waals surface area contributed by atoms with Gasteiger partial charge in [0, 0.05) is 6.20 Å². The molecular weight excluding hydrogens is 258 g/mol. The molecule has 1 aromatic heterocycles. The zero-order valence-corrected chi connectivity index (χ0v) is 10.5. The average Bonchev–Trinajstić information content (AvgIpc) is 2.46. The first kappa shape index (κ1) is 13.5. The molecule has 2 amide bonds. The fourth-order valence-electron chi connectivity index (χ4n) is 1.67. The predicted octanol–water partition coefficient (Wildman–Crippen LogP) is 2.03. The van der Waals surface area contributed by atoms with E-state index in [1.807, 2.05) is 0 Å². The van der Waals surface area contributed by atoms with Crippen molar-refractivity contribution in [3.63, 3.8) is 0 Å². The van der Waals surface area contributed by atoms with Crippen LogP contribution in [0.25, 0.3) is 0 Å². The highest BCUT2D eigenvalue weighted by atomic mass is 16.4. The summed E-state index contributed by atoms with van der Waals surface area (Å²) < 4.78 is 0. The Kier molecular flexibility index (Phi) is 4.28. The topological polar surface area (TPSA) is 91.3 Å². The molecule has 6 nitrogen and oxygen atoms in total. The van der Waals surface area contributed by atoms with E-state index in [1.54, 1.807) is 48.7 Å². The smallest absolute Gasteiger partial charge is 0.330 e. The Balaban J connectivity index is 2.06. The van der Waals surface area contributed by atoms with Gasteiger partial charge in [0.2, 0.25) is 0 Å². The largest absolute Gasteiger partial charge is 0.479 e. The second kappa shape index (κ2) is 6.33. The van der Waals surface area contributed by atoms with Gasteiger partial charge >= 0.3 is 12.0 Å². The van der Waals surface area contributed by atoms with Crippen LogP contribution in [0, 0.1) is 0 Å². The molecule has 3 N–H and O–H groups in total. The lowest BCUT2D eigenvalue weighted by atomic mass is 10.1. The number of carboxylic acid groups (broad SMARTS) is 1. The van der Waals surface area contributed by atoms with E-state index >= 15 is 0 Å². The number of aromatic nitrogens is 1. The Labute approximate surface area is 115 Å². The Morgan fingerprint density at radius 1 is 1.10 bits per heavy atom. The van der Waals surface area contributed by atoms with Crippen molar-refractivity contribution >= 4 is 17.7 Å². The number of hydrogen-bond acceptors (Lipinski definition) is 3. The maximum Gasteiger partial charge on any atom is 0.330 e. The number of benzene rings is 1. The number of anilines is 1. The molecule has 0 bridgehead atoms. The van der Waals surface area contributed by atoms with Gasteiger partial charge in [0.1, 0.15) is 0 Å². The summed E-state index contributed by atoms with van der Waals surface area (Å²) in [5, 5.41) is 14.1. The third-order valence-electron chi connectivity index (χ3n) is 2.57. The van der Waals surface area contributed by atoms with Gasteiger partial charge in [-0.15, -0.1) is 0 Å². The third kappa shape index (κ3) is 3.55. The normalized spacial score (nSPS) is 11.4. The average molecular weight is 271 g/mol. The molecule has 0 aliphatic carbocycles. The number of pyridine rings is 1. The number of nitrogens with zero attached hydrogens (tertiary/aromatic N) is 1. The summed E-state index contributed by atoms with van der Waals surface area (Å²) in [7, 11) is 0. The van der Waals surface area contributed by atoms with Crippen LogP contribution in [-0.2, 0) is 4.79 Å². The number of carbonyl (C=O) groups is 2. The van der Waals surface area contributed by atoms with Crippen LogP contribution in [-0.4, -0.2) is 22.1 Å². The molecule has 0 saturated heterocycles. The van der Waals surface area contributed by atoms with E-state index in [0.717, 1.165) is 0 Å². The molecule has 0 unspecified atom stereocenters. The monoisotopic (exact) mass is 271 g/mol. The predicted molar refractivity (Wildman–Crippen MR) is 73.2 cm³/mol. The maximum absolute atomic E-state index is 11.8. The van der Waals surface area contributed by atoms with Crippen LogP contribution in [0.3, 0.4) is 0 Å². The Hall–Kier alpha value is -2.89. The van der Waals surface area contributed by atoms with E-state index in [1.165, 1.54) is 6.20 Å². The standard InChI is InChI=1S/C14H13N3O3/c18-13(19)12(10-5-2-1-3-6-10)17-14(20)16-11-7-4-8-15-9-11/h1-9,12H,(H,18,19)(H2,16,17,20)/t12-/m1/s1. The SMILES string of the molecule is O=C(Nc1cccnc1)N[C@@H](C(=O)O)c1ccccc1. The minimum absolute atomic E-state index is 0.488. The molecule has 0 aliphatic heterocycles. The quantitative estimate of drug-likeness (QED) is 0.793. The molecule has 0 saturated carbocycles. The molecule has 0 aliphatic rings. The lowest BCUT2D eigenvalue weighted by Crippen LogP contribution is -2.36. The van der Waals surface area contributed by atoms with Gasteiger partial charge in [-0.05, 0) is 17.7 Å². The highest BCUT2D eigenvalue weighted by molar-refractivity contribution is 5.92. The van der Waals surface area contributed by atoms with Gasteiger partial charge in [0.05, 0.1) is 11.9 Å². The molecule has 2 rings (SSSR count). The van der Waals surface area contributed by atoms with Crippen LogP contribution in [0.1, 0.15) is 11.6 Å². The molecule has 2 aromatic rings. The van der Waals surface area contributed by atoms with Crippen LogP contribution >= 0.6 is 0 Å². The lowest BCUT2D eigenvalue weighted by Gasteiger charge is -2.15. The molecule has 0 fully saturated rings. The molecule has 1 atom stereocenters. The van der Waals surface area contributed by atoms with Gasteiger partial charge in [-0.25, -0.2) is 9.59 Å². The van der Waals surface area contributed by atoms with Crippen molar-refractivity contribution in [1.29, 1.82) is 0 Å². The van der Waals surface area contributed by atoms with Crippen LogP contribution in [0.15, 0.2) is 54.9 Å². The zero-order valence-electron chi connectivity index (χ0n) is 10.5. The Morgan fingerprint density at radius 2 is 1.85 bits per heavy atom. The van der Waals surface area contributed by atoms with Crippen LogP contribution in [0.4, 0.5) is 10.5 Å². The van der Waals surface area contributed by atoms with E-state index in [0.29, 0.717) is 11.3 Å². The van der Waals surface area contributed by atoms with Crippen molar-refractivity contribution in [1.82, 2.24) is 10.3 Å². The number of carboxylic acids is 1. The molecule has 20 heavy (non-hydrogen) atoms. The third-order valence-corrected chi connectivity index (χ3v) is 2.57. The van der Waals surface area contributed by atoms with Crippen molar-refractivity contribution in [2.75, 3.05) is 5.32 Å². The van der Waals surface area contributed by atoms with Crippen LogP contribution in [0.2, 0.25) is 0 Å². The lowest BCUT2D eigenvalue weighted by molar-refractivity contribution is -0.139. The highest BCUT2D eigenvalue weighted by Crippen LogP contribution is 2.13. The number of urea groups is 1. The number of aliphatic carboxylic acids is 1. The molecule has 0 spiro atoms. The van der Waals surface area contributed by atoms with Crippen LogP contribution < -0.4 is 10.6 Å². The molecule has 0 radical (unpaired) electrons. The summed E-state index contributed by atoms with van der Waals surface area (Å²) in [6, 6.07) is 10.1. The second-order valence-corrected chi connectivity index (χ2v) is 4.02. The van der Waals surface area contributed by atoms with Crippen molar-refractivity contribution in [2.24, 2.45) is 0 Å². The van der Waals surface area contributed by atoms with Gasteiger partial charge in [-0.2, -0.15) is 0 Å². The van der Waals surface area contributed by atoms with Gasteiger partial charge in [0.15, 0.2) is 6.04 Å². The summed E-state index contributed by atoms with van der Waals surface area (Å²) in [6.45, 7) is 0. The van der Waals surface area contributed by atoms with E-state index < -0.39 is 18.0 Å². The van der Waals surface area contributed by atoms with E-state index in [4.69, 9.17) is 0 Å². The molecule has 102 valence electrons. The number of carbonyl (C=O) groups excluding carboxylic acids is 1. The summed E-state index contributed by atoms with van der Waals surface area (Å²) in [4.78, 5) is 26.9. The number of rotatable bonds is 4. The van der Waals surface area contributed by atoms with Crippen molar-refractivity contribution in [3.05, 3.63) is 60.4 Å². The molecule has 1 aromatic carbocycles. The first-order chi connectivity index (χ1) is 9.66. The van der Waals surface area contributed by atoms with Gasteiger partial charge in [-0.3, -0.25) is 4.98 Å². The first-order valence-corrected chi connectivity index (χ1v) is 5.92. The van der Waals surface area contributed by atoms with Gasteiger partial charge in [-0.1, -0.05) is 30.3 Å². The molecular formula is C14H13N3O3. The maximum atomic E-state index is 11.8. The van der Waals surface area contributed by atoms with E-state index in [-0.39, 0.29) is 0 Å². The summed E-state index contributed by atoms with van der Waals surface area (Å²) in [5.74, 6) is -1.13. The number of nitrogens with one attached hydrogen (secondary N) is 2. The summed E-state index contributed by atoms with van der Waals surface area (Å²) >= 11 is 0. The number of amides is 2. The van der Waals surface area contributed by atoms with Crippen LogP contribution in [0.5, 0.6) is 0 Å². The Bertz CT molecular complexity index is 587. The van der Waals surface area contributed by atoms with Crippen molar-refractivity contribution in [2.45, 2.75) is 6.04 Å². The minimum Gasteiger partial charge on any atom is -0.479 e. The Morgan fingerprint density at radius 3 is 2.45 bits per heavy atom. The molecule has 1 heterocycles.